The molecule has 10 heavy (non-hydrogen) atoms. The highest BCUT2D eigenvalue weighted by Gasteiger charge is 1.95. The molecule has 0 unspecified atom stereocenters. The molecule has 52 valence electrons. The minimum atomic E-state index is 0.835. The summed E-state index contributed by atoms with van der Waals surface area (Å²) >= 11 is 0. The minimum absolute atomic E-state index is 0.835. The van der Waals surface area contributed by atoms with Crippen molar-refractivity contribution in [3.63, 3.8) is 0 Å². The Morgan fingerprint density at radius 1 is 1.60 bits per heavy atom. The molecule has 0 bridgehead atoms. The molecule has 1 N–H and O–H groups in total. The van der Waals surface area contributed by atoms with Gasteiger partial charge in [0.2, 0.25) is 0 Å². The van der Waals surface area contributed by atoms with Crippen LogP contribution in [0.2, 0.25) is 0 Å². The fourth-order valence-corrected chi connectivity index (χ4v) is 0.671. The van der Waals surface area contributed by atoms with Gasteiger partial charge in [0.15, 0.2) is 0 Å². The lowest BCUT2D eigenvalue weighted by atomic mass is 10.3. The van der Waals surface area contributed by atoms with Gasteiger partial charge >= 0.3 is 0 Å². The fourth-order valence-electron chi connectivity index (χ4n) is 0.671. The summed E-state index contributed by atoms with van der Waals surface area (Å²) in [6.07, 6.45) is 9.40. The smallest absolute Gasteiger partial charge is 0.0595 e. The summed E-state index contributed by atoms with van der Waals surface area (Å²) in [5.74, 6) is 0. The van der Waals surface area contributed by atoms with Crippen LogP contribution >= 0.6 is 0 Å². The average Bonchev–Trinajstić information content (AvgIpc) is 2.41. The molecule has 1 heterocycles. The average molecular weight is 134 g/mol. The highest BCUT2D eigenvalue weighted by Crippen LogP contribution is 1.94. The van der Waals surface area contributed by atoms with Crippen LogP contribution in [0.4, 0.5) is 0 Å². The minimum Gasteiger partial charge on any atom is -0.306 e. The normalized spacial score (nSPS) is 20.2. The molecule has 0 amide bonds. The Bertz CT molecular complexity index is 199. The fraction of sp³-hybridized carbons (Fsp3) is 0.125. The van der Waals surface area contributed by atoms with Crippen molar-refractivity contribution in [2.24, 2.45) is 5.10 Å². The Hall–Kier alpha value is -1.31. The van der Waals surface area contributed by atoms with Crippen molar-refractivity contribution in [2.45, 2.75) is 0 Å². The van der Waals surface area contributed by atoms with Crippen LogP contribution in [0.15, 0.2) is 41.6 Å². The van der Waals surface area contributed by atoms with Crippen LogP contribution in [0, 0.1) is 0 Å². The van der Waals surface area contributed by atoms with Gasteiger partial charge in [-0.3, -0.25) is 0 Å². The van der Waals surface area contributed by atoms with Crippen LogP contribution in [0.5, 0.6) is 0 Å². The summed E-state index contributed by atoms with van der Waals surface area (Å²) in [5, 5.41) is 3.84. The largest absolute Gasteiger partial charge is 0.306 e. The Balaban J connectivity index is 2.46. The van der Waals surface area contributed by atoms with Gasteiger partial charge in [0.25, 0.3) is 0 Å². The zero-order chi connectivity index (χ0) is 7.23. The van der Waals surface area contributed by atoms with Crippen molar-refractivity contribution < 1.29 is 0 Å². The first-order chi connectivity index (χ1) is 4.93. The van der Waals surface area contributed by atoms with Gasteiger partial charge in [-0.15, -0.1) is 0 Å². The number of hydrogen-bond donors (Lipinski definition) is 1. The Morgan fingerprint density at radius 2 is 2.50 bits per heavy atom. The van der Waals surface area contributed by atoms with E-state index < -0.39 is 0 Å². The van der Waals surface area contributed by atoms with Crippen LogP contribution < -0.4 is 5.43 Å². The highest BCUT2D eigenvalue weighted by atomic mass is 15.3. The molecule has 1 rings (SSSR count). The first-order valence-corrected chi connectivity index (χ1v) is 3.17. The number of allylic oxidation sites excluding steroid dienone is 4. The van der Waals surface area contributed by atoms with Gasteiger partial charge < -0.3 is 5.43 Å². The van der Waals surface area contributed by atoms with E-state index in [1.165, 1.54) is 5.57 Å². The molecular formula is C8H10N2. The maximum Gasteiger partial charge on any atom is 0.0595 e. The van der Waals surface area contributed by atoms with E-state index >= 15 is 0 Å². The number of rotatable bonds is 2. The third kappa shape index (κ3) is 1.90. The van der Waals surface area contributed by atoms with Crippen molar-refractivity contribution in [1.82, 2.24) is 5.43 Å². The second kappa shape index (κ2) is 3.67. The summed E-state index contributed by atoms with van der Waals surface area (Å²) < 4.78 is 0. The first-order valence-electron chi connectivity index (χ1n) is 3.17. The van der Waals surface area contributed by atoms with Crippen LogP contribution in [-0.4, -0.2) is 12.8 Å². The van der Waals surface area contributed by atoms with E-state index in [1.54, 1.807) is 6.08 Å². The standard InChI is InChI=1S/C8H10N2/c1-2-3-4-5-8-6-9-10-7-8/h2-6,10H,1,7H2/b4-3-,8-5-. The molecule has 0 atom stereocenters. The Kier molecular flexibility index (Phi) is 2.49. The number of hydrogen-bond acceptors (Lipinski definition) is 2. The summed E-state index contributed by atoms with van der Waals surface area (Å²) in [4.78, 5) is 0. The highest BCUT2D eigenvalue weighted by molar-refractivity contribution is 5.81. The zero-order valence-corrected chi connectivity index (χ0v) is 5.75. The van der Waals surface area contributed by atoms with Crippen LogP contribution in [0.3, 0.4) is 0 Å². The predicted octanol–water partition coefficient (Wildman–Crippen LogP) is 1.24. The molecule has 1 aliphatic rings. The molecule has 0 saturated carbocycles. The molecule has 2 nitrogen and oxygen atoms in total. The van der Waals surface area contributed by atoms with Gasteiger partial charge in [-0.2, -0.15) is 5.10 Å². The number of nitrogens with one attached hydrogen (secondary N) is 1. The SMILES string of the molecule is C=C/C=C\C=C1\C=NNC1. The maximum absolute atomic E-state index is 3.84. The van der Waals surface area contributed by atoms with Gasteiger partial charge in [-0.05, 0) is 5.57 Å². The van der Waals surface area contributed by atoms with Gasteiger partial charge in [0.1, 0.15) is 0 Å². The van der Waals surface area contributed by atoms with Crippen molar-refractivity contribution in [3.05, 3.63) is 36.5 Å². The summed E-state index contributed by atoms with van der Waals surface area (Å²) in [5.41, 5.74) is 4.03. The molecule has 1 aliphatic heterocycles. The molecule has 0 fully saturated rings. The third-order valence-corrected chi connectivity index (χ3v) is 1.16. The van der Waals surface area contributed by atoms with Gasteiger partial charge in [0.05, 0.1) is 12.8 Å². The molecule has 0 spiro atoms. The van der Waals surface area contributed by atoms with E-state index in [1.807, 2.05) is 24.4 Å². The van der Waals surface area contributed by atoms with Crippen molar-refractivity contribution >= 4 is 6.21 Å². The predicted molar refractivity (Wildman–Crippen MR) is 43.9 cm³/mol. The summed E-state index contributed by atoms with van der Waals surface area (Å²) in [6.45, 7) is 4.39. The van der Waals surface area contributed by atoms with Crippen molar-refractivity contribution in [3.8, 4) is 0 Å². The van der Waals surface area contributed by atoms with Crippen LogP contribution in [0.25, 0.3) is 0 Å². The number of nitrogens with zero attached hydrogens (tertiary/aromatic N) is 1. The lowest BCUT2D eigenvalue weighted by molar-refractivity contribution is 0.856. The van der Waals surface area contributed by atoms with E-state index in [2.05, 4.69) is 17.1 Å². The molecule has 0 aromatic carbocycles. The van der Waals surface area contributed by atoms with Crippen molar-refractivity contribution in [1.29, 1.82) is 0 Å². The monoisotopic (exact) mass is 134 g/mol. The summed E-state index contributed by atoms with van der Waals surface area (Å²) in [7, 11) is 0. The molecular weight excluding hydrogens is 124 g/mol. The van der Waals surface area contributed by atoms with Gasteiger partial charge in [-0.25, -0.2) is 0 Å². The zero-order valence-electron chi connectivity index (χ0n) is 5.75. The first kappa shape index (κ1) is 6.81. The number of hydrazone groups is 1. The molecule has 2 heteroatoms. The van der Waals surface area contributed by atoms with Crippen molar-refractivity contribution in [2.75, 3.05) is 6.54 Å². The van der Waals surface area contributed by atoms with Crippen LogP contribution in [0.1, 0.15) is 0 Å². The molecule has 0 aromatic rings. The van der Waals surface area contributed by atoms with Gasteiger partial charge in [-0.1, -0.05) is 30.9 Å². The van der Waals surface area contributed by atoms with E-state index in [-0.39, 0.29) is 0 Å². The molecule has 0 radical (unpaired) electrons. The maximum atomic E-state index is 3.84. The second-order valence-electron chi connectivity index (χ2n) is 1.96. The molecule has 0 aromatic heterocycles. The van der Waals surface area contributed by atoms with Crippen LogP contribution in [-0.2, 0) is 0 Å². The quantitative estimate of drug-likeness (QED) is 0.564. The van der Waals surface area contributed by atoms with E-state index in [0.717, 1.165) is 6.54 Å². The Morgan fingerprint density at radius 3 is 3.10 bits per heavy atom. The molecule has 0 aliphatic carbocycles. The Labute approximate surface area is 60.6 Å². The summed E-state index contributed by atoms with van der Waals surface area (Å²) in [6, 6.07) is 0. The third-order valence-electron chi connectivity index (χ3n) is 1.16. The topological polar surface area (TPSA) is 24.4 Å². The molecule has 0 saturated heterocycles. The van der Waals surface area contributed by atoms with E-state index in [4.69, 9.17) is 0 Å². The lowest BCUT2D eigenvalue weighted by Crippen LogP contribution is -1.99. The van der Waals surface area contributed by atoms with E-state index in [0.29, 0.717) is 0 Å². The second-order valence-corrected chi connectivity index (χ2v) is 1.96. The van der Waals surface area contributed by atoms with Gasteiger partial charge in [0, 0.05) is 0 Å². The lowest BCUT2D eigenvalue weighted by Gasteiger charge is -1.85. The van der Waals surface area contributed by atoms with E-state index in [9.17, 15) is 0 Å².